The van der Waals surface area contributed by atoms with Crippen LogP contribution < -0.4 is 0 Å². The quantitative estimate of drug-likeness (QED) is 0.389. The van der Waals surface area contributed by atoms with Crippen LogP contribution in [-0.2, 0) is 0 Å². The van der Waals surface area contributed by atoms with E-state index in [9.17, 15) is 0 Å². The van der Waals surface area contributed by atoms with Gasteiger partial charge in [0.25, 0.3) is 0 Å². The second-order valence-corrected chi connectivity index (χ2v) is 3.07. The van der Waals surface area contributed by atoms with Crippen molar-refractivity contribution in [1.82, 2.24) is 0 Å². The van der Waals surface area contributed by atoms with Crippen LogP contribution in [0.25, 0.3) is 0 Å². The fourth-order valence-corrected chi connectivity index (χ4v) is 0.544. The van der Waals surface area contributed by atoms with Crippen LogP contribution in [0.2, 0.25) is 0 Å². The summed E-state index contributed by atoms with van der Waals surface area (Å²) in [6.45, 7) is 4.12. The average Bonchev–Trinajstić information content (AvgIpc) is 1.67. The fourth-order valence-electron chi connectivity index (χ4n) is 0.237. The molecule has 0 amide bonds. The third-order valence-electron chi connectivity index (χ3n) is 0.986. The monoisotopic (exact) mass is 143 g/mol. The molecule has 0 aliphatic carbocycles. The van der Waals surface area contributed by atoms with Crippen LogP contribution in [0.1, 0.15) is 13.8 Å². The Morgan fingerprint density at radius 1 is 1.50 bits per heavy atom. The first kappa shape index (κ1) is 8.30. The SMILES string of the molecule is C[C]([AlH])=C(C)C=CCl. The zero-order valence-electron chi connectivity index (χ0n) is 5.24. The Morgan fingerprint density at radius 2 is 2.00 bits per heavy atom. The van der Waals surface area contributed by atoms with Gasteiger partial charge in [0, 0.05) is 5.54 Å². The molecule has 0 saturated heterocycles. The van der Waals surface area contributed by atoms with Crippen LogP contribution in [-0.4, -0.2) is 16.3 Å². The Bertz CT molecular complexity index is 120. The average molecular weight is 144 g/mol. The highest BCUT2D eigenvalue weighted by molar-refractivity contribution is 6.26. The Hall–Kier alpha value is 0.302. The van der Waals surface area contributed by atoms with E-state index in [0.29, 0.717) is 0 Å². The Labute approximate surface area is 63.6 Å². The molecule has 8 heavy (non-hydrogen) atoms. The summed E-state index contributed by atoms with van der Waals surface area (Å²) in [7, 11) is 0. The largest absolute Gasteiger partial charge is 0.216 e. The molecule has 0 aliphatic rings. The van der Waals surface area contributed by atoms with Crippen molar-refractivity contribution in [3.8, 4) is 0 Å². The first-order chi connectivity index (χ1) is 3.68. The first-order valence-corrected chi connectivity index (χ1v) is 3.59. The molecule has 1 radical (unpaired) electrons. The lowest BCUT2D eigenvalue weighted by Crippen LogP contribution is -1.76. The van der Waals surface area contributed by atoms with Crippen LogP contribution in [0, 0.1) is 0 Å². The van der Waals surface area contributed by atoms with E-state index in [2.05, 4.69) is 6.92 Å². The van der Waals surface area contributed by atoms with Crippen LogP contribution in [0.15, 0.2) is 21.6 Å². The molecule has 0 heterocycles. The minimum absolute atomic E-state index is 1.25. The summed E-state index contributed by atoms with van der Waals surface area (Å²) < 4.78 is 1.34. The molecule has 0 aromatic rings. The summed E-state index contributed by atoms with van der Waals surface area (Å²) in [5.41, 5.74) is 2.78. The van der Waals surface area contributed by atoms with Crippen molar-refractivity contribution < 1.29 is 0 Å². The van der Waals surface area contributed by atoms with Crippen molar-refractivity contribution >= 4 is 27.9 Å². The van der Waals surface area contributed by atoms with Gasteiger partial charge in [-0.25, -0.2) is 0 Å². The van der Waals surface area contributed by atoms with Crippen LogP contribution in [0.4, 0.5) is 0 Å². The lowest BCUT2D eigenvalue weighted by molar-refractivity contribution is 1.45. The lowest BCUT2D eigenvalue weighted by Gasteiger charge is -1.92. The molecule has 0 aromatic carbocycles. The maximum Gasteiger partial charge on any atom is 0.216 e. The van der Waals surface area contributed by atoms with Gasteiger partial charge in [-0.2, -0.15) is 0 Å². The summed E-state index contributed by atoms with van der Waals surface area (Å²) in [6.07, 6.45) is 1.89. The molecule has 0 saturated carbocycles. The van der Waals surface area contributed by atoms with E-state index in [1.807, 2.05) is 29.3 Å². The van der Waals surface area contributed by atoms with Crippen molar-refractivity contribution in [3.05, 3.63) is 21.6 Å². The van der Waals surface area contributed by atoms with E-state index >= 15 is 0 Å². The van der Waals surface area contributed by atoms with E-state index < -0.39 is 0 Å². The van der Waals surface area contributed by atoms with E-state index in [0.717, 1.165) is 0 Å². The standard InChI is InChI=1S/C6H8Cl.Al.H/c1-3-6(2)4-5-7;;/h4-5H,1-2H3;;. The molecule has 0 fully saturated rings. The van der Waals surface area contributed by atoms with E-state index in [1.165, 1.54) is 15.5 Å². The Kier molecular flexibility index (Phi) is 4.37. The highest BCUT2D eigenvalue weighted by Gasteiger charge is 1.80. The number of halogens is 1. The number of rotatable bonds is 1. The van der Waals surface area contributed by atoms with Gasteiger partial charge >= 0.3 is 0 Å². The van der Waals surface area contributed by atoms with Crippen LogP contribution in [0.5, 0.6) is 0 Å². The Morgan fingerprint density at radius 3 is 2.12 bits per heavy atom. The van der Waals surface area contributed by atoms with Gasteiger partial charge in [0.15, 0.2) is 0 Å². The summed E-state index contributed by atoms with van der Waals surface area (Å²) in [5.74, 6) is 0. The van der Waals surface area contributed by atoms with Gasteiger partial charge in [0.05, 0.1) is 0 Å². The van der Waals surface area contributed by atoms with Crippen LogP contribution in [0.3, 0.4) is 0 Å². The van der Waals surface area contributed by atoms with Gasteiger partial charge in [-0.15, -0.1) is 4.44 Å². The highest BCUT2D eigenvalue weighted by Crippen LogP contribution is 2.00. The third kappa shape index (κ3) is 3.32. The van der Waals surface area contributed by atoms with Gasteiger partial charge < -0.3 is 0 Å². The number of hydrogen-bond acceptors (Lipinski definition) is 0. The molecule has 0 aliphatic heterocycles. The van der Waals surface area contributed by atoms with Crippen molar-refractivity contribution in [3.63, 3.8) is 0 Å². The fraction of sp³-hybridized carbons (Fsp3) is 0.333. The van der Waals surface area contributed by atoms with Crippen molar-refractivity contribution in [1.29, 1.82) is 0 Å². The zero-order chi connectivity index (χ0) is 6.57. The van der Waals surface area contributed by atoms with Gasteiger partial charge in [-0.3, -0.25) is 0 Å². The van der Waals surface area contributed by atoms with Crippen molar-refractivity contribution in [2.24, 2.45) is 0 Å². The second-order valence-electron chi connectivity index (χ2n) is 1.76. The maximum atomic E-state index is 5.33. The zero-order valence-corrected chi connectivity index (χ0v) is 7.41. The molecular weight excluding hydrogens is 135 g/mol. The topological polar surface area (TPSA) is 0 Å². The molecule has 0 atom stereocenters. The molecule has 0 unspecified atom stereocenters. The molecule has 0 bridgehead atoms. The minimum Gasteiger partial charge on any atom is -0.149 e. The molecule has 0 N–H and O–H groups in total. The summed E-state index contributed by atoms with van der Waals surface area (Å²) in [4.78, 5) is 0. The van der Waals surface area contributed by atoms with E-state index in [-0.39, 0.29) is 0 Å². The third-order valence-corrected chi connectivity index (χ3v) is 1.67. The molecule has 0 aromatic heterocycles. The van der Waals surface area contributed by atoms with Gasteiger partial charge in [0.2, 0.25) is 16.3 Å². The van der Waals surface area contributed by atoms with Crippen molar-refractivity contribution in [2.45, 2.75) is 13.8 Å². The van der Waals surface area contributed by atoms with E-state index in [1.54, 1.807) is 0 Å². The molecule has 0 spiro atoms. The molecule has 0 rings (SSSR count). The summed E-state index contributed by atoms with van der Waals surface area (Å²) in [6, 6.07) is 0. The summed E-state index contributed by atoms with van der Waals surface area (Å²) >= 11 is 7.21. The molecule has 43 valence electrons. The van der Waals surface area contributed by atoms with Crippen molar-refractivity contribution in [2.75, 3.05) is 0 Å². The maximum absolute atomic E-state index is 5.33. The number of hydrogen-bond donors (Lipinski definition) is 0. The smallest absolute Gasteiger partial charge is 0.149 e. The second kappa shape index (κ2) is 4.21. The lowest BCUT2D eigenvalue weighted by atomic mass is 10.3. The van der Waals surface area contributed by atoms with Gasteiger partial charge in [-0.05, 0) is 13.0 Å². The normalized spacial score (nSPS) is 14.4. The molecule has 2 heteroatoms. The van der Waals surface area contributed by atoms with E-state index in [4.69, 9.17) is 11.6 Å². The minimum atomic E-state index is 1.25. The predicted octanol–water partition coefficient (Wildman–Crippen LogP) is 1.93. The summed E-state index contributed by atoms with van der Waals surface area (Å²) in [5, 5.41) is 0. The van der Waals surface area contributed by atoms with Gasteiger partial charge in [0.1, 0.15) is 0 Å². The predicted molar refractivity (Wildman–Crippen MR) is 40.5 cm³/mol. The first-order valence-electron chi connectivity index (χ1n) is 2.44. The molecular formula is C6H9AlCl. The Balaban J connectivity index is 4.00. The molecule has 0 nitrogen and oxygen atoms in total. The number of allylic oxidation sites excluding steroid dienone is 3. The van der Waals surface area contributed by atoms with Gasteiger partial charge in [-0.1, -0.05) is 24.1 Å². The highest BCUT2D eigenvalue weighted by atomic mass is 35.5. The van der Waals surface area contributed by atoms with Crippen LogP contribution >= 0.6 is 11.6 Å².